The molecule has 0 radical (unpaired) electrons. The van der Waals surface area contributed by atoms with Crippen LogP contribution in [0.5, 0.6) is 5.75 Å². The summed E-state index contributed by atoms with van der Waals surface area (Å²) in [7, 11) is 0. The number of aliphatic hydroxyl groups is 3. The Labute approximate surface area is 201 Å². The first-order chi connectivity index (χ1) is 16.3. The van der Waals surface area contributed by atoms with Gasteiger partial charge in [0.15, 0.2) is 6.17 Å². The number of aliphatic hydroxyl groups excluding tert-OH is 3. The van der Waals surface area contributed by atoms with Crippen molar-refractivity contribution in [1.82, 2.24) is 0 Å². The van der Waals surface area contributed by atoms with Crippen LogP contribution >= 0.6 is 11.3 Å². The topological polar surface area (TPSA) is 79.2 Å². The average Bonchev–Trinajstić information content (AvgIpc) is 3.29. The van der Waals surface area contributed by atoms with Gasteiger partial charge in [-0.2, -0.15) is 0 Å². The summed E-state index contributed by atoms with van der Waals surface area (Å²) >= 11 is 1.60. The lowest BCUT2D eigenvalue weighted by molar-refractivity contribution is -0.215. The summed E-state index contributed by atoms with van der Waals surface area (Å²) in [6, 6.07) is 14.0. The Bertz CT molecular complexity index is 1110. The third-order valence-electron chi connectivity index (χ3n) is 6.07. The minimum Gasteiger partial charge on any atom is -0.493 e. The van der Waals surface area contributed by atoms with Crippen LogP contribution in [0.3, 0.4) is 0 Å². The number of rotatable bonds is 7. The molecular formula is C26H28F2O5S. The number of ether oxygens (including phenoxy) is 2. The van der Waals surface area contributed by atoms with Gasteiger partial charge >= 0.3 is 0 Å². The van der Waals surface area contributed by atoms with Crippen molar-refractivity contribution in [3.63, 3.8) is 0 Å². The molecule has 2 heterocycles. The number of aryl methyl sites for hydroxylation is 1. The Morgan fingerprint density at radius 2 is 1.79 bits per heavy atom. The molecule has 1 fully saturated rings. The van der Waals surface area contributed by atoms with Crippen LogP contribution in [-0.4, -0.2) is 53.0 Å². The standard InChI is InChI=1S/C26H28F2O5S/c1-3-32-20-10-14(2)16(11-18-8-9-22(34-18)15-4-6-17(27)7-5-15)12-19(20)26-25(31)23(28)24(30)21(13-29)33-26/h4-10,12,21,23-26,29-31H,3,11,13H2,1-2H3/t21-,23+,24+,25?,26+/m1/s1. The zero-order valence-corrected chi connectivity index (χ0v) is 19.8. The molecule has 3 aromatic rings. The third-order valence-corrected chi connectivity index (χ3v) is 7.21. The predicted molar refractivity (Wildman–Crippen MR) is 126 cm³/mol. The summed E-state index contributed by atoms with van der Waals surface area (Å²) in [5, 5.41) is 30.0. The molecule has 1 aliphatic heterocycles. The maximum absolute atomic E-state index is 14.6. The van der Waals surface area contributed by atoms with Crippen molar-refractivity contribution in [3.05, 3.63) is 75.9 Å². The van der Waals surface area contributed by atoms with Crippen molar-refractivity contribution in [2.45, 2.75) is 50.9 Å². The molecule has 34 heavy (non-hydrogen) atoms. The molecule has 0 saturated carbocycles. The molecule has 5 nitrogen and oxygen atoms in total. The third kappa shape index (κ3) is 5.01. The van der Waals surface area contributed by atoms with E-state index in [0.29, 0.717) is 24.3 Å². The maximum Gasteiger partial charge on any atom is 0.157 e. The van der Waals surface area contributed by atoms with Gasteiger partial charge in [-0.25, -0.2) is 8.78 Å². The first-order valence-corrected chi connectivity index (χ1v) is 12.0. The van der Waals surface area contributed by atoms with Crippen LogP contribution < -0.4 is 4.74 Å². The Morgan fingerprint density at radius 3 is 2.47 bits per heavy atom. The van der Waals surface area contributed by atoms with Gasteiger partial charge in [0.25, 0.3) is 0 Å². The highest BCUT2D eigenvalue weighted by Crippen LogP contribution is 2.40. The summed E-state index contributed by atoms with van der Waals surface area (Å²) in [6.07, 6.45) is -6.86. The van der Waals surface area contributed by atoms with Gasteiger partial charge in [0.05, 0.1) is 13.2 Å². The van der Waals surface area contributed by atoms with Crippen LogP contribution in [0, 0.1) is 12.7 Å². The second-order valence-corrected chi connectivity index (χ2v) is 9.57. The summed E-state index contributed by atoms with van der Waals surface area (Å²) in [5.74, 6) is 0.183. The monoisotopic (exact) mass is 490 g/mol. The summed E-state index contributed by atoms with van der Waals surface area (Å²) in [4.78, 5) is 2.10. The van der Waals surface area contributed by atoms with Crippen LogP contribution in [0.4, 0.5) is 8.78 Å². The minimum absolute atomic E-state index is 0.281. The van der Waals surface area contributed by atoms with Crippen LogP contribution in [0.2, 0.25) is 0 Å². The Kier molecular flexibility index (Phi) is 7.64. The van der Waals surface area contributed by atoms with Crippen LogP contribution in [0.15, 0.2) is 48.5 Å². The van der Waals surface area contributed by atoms with Crippen molar-refractivity contribution in [3.8, 4) is 16.2 Å². The lowest BCUT2D eigenvalue weighted by Crippen LogP contribution is -2.53. The number of hydrogen-bond acceptors (Lipinski definition) is 6. The molecule has 0 aliphatic carbocycles. The Hall–Kier alpha value is -2.36. The highest BCUT2D eigenvalue weighted by Gasteiger charge is 2.46. The van der Waals surface area contributed by atoms with Gasteiger partial charge in [0.2, 0.25) is 0 Å². The van der Waals surface area contributed by atoms with E-state index >= 15 is 0 Å². The van der Waals surface area contributed by atoms with Crippen molar-refractivity contribution >= 4 is 11.3 Å². The molecule has 3 N–H and O–H groups in total. The fourth-order valence-corrected chi connectivity index (χ4v) is 5.24. The molecule has 8 heteroatoms. The molecule has 1 unspecified atom stereocenters. The average molecular weight is 491 g/mol. The van der Waals surface area contributed by atoms with Crippen LogP contribution in [0.25, 0.3) is 10.4 Å². The molecule has 0 amide bonds. The van der Waals surface area contributed by atoms with E-state index in [0.717, 1.165) is 26.4 Å². The highest BCUT2D eigenvalue weighted by atomic mass is 32.1. The first-order valence-electron chi connectivity index (χ1n) is 11.2. The van der Waals surface area contributed by atoms with Gasteiger partial charge in [-0.05, 0) is 66.9 Å². The van der Waals surface area contributed by atoms with Gasteiger partial charge in [0, 0.05) is 21.7 Å². The van der Waals surface area contributed by atoms with Crippen molar-refractivity contribution in [1.29, 1.82) is 0 Å². The zero-order chi connectivity index (χ0) is 24.4. The lowest BCUT2D eigenvalue weighted by Gasteiger charge is -2.39. The summed E-state index contributed by atoms with van der Waals surface area (Å²) < 4.78 is 39.4. The largest absolute Gasteiger partial charge is 0.493 e. The van der Waals surface area contributed by atoms with Crippen LogP contribution in [-0.2, 0) is 11.2 Å². The van der Waals surface area contributed by atoms with Crippen molar-refractivity contribution in [2.75, 3.05) is 13.2 Å². The van der Waals surface area contributed by atoms with E-state index in [2.05, 4.69) is 0 Å². The molecule has 0 bridgehead atoms. The molecule has 4 rings (SSSR count). The molecule has 2 aromatic carbocycles. The molecule has 0 spiro atoms. The normalized spacial score (nSPS) is 24.9. The SMILES string of the molecule is CCOc1cc(C)c(Cc2ccc(-c3ccc(F)cc3)s2)cc1[C@@H]1O[C@H](CO)[C@H](O)[C@H](F)C1O. The fourth-order valence-electron chi connectivity index (χ4n) is 4.20. The maximum atomic E-state index is 14.6. The van der Waals surface area contributed by atoms with E-state index in [4.69, 9.17) is 9.47 Å². The lowest BCUT2D eigenvalue weighted by atomic mass is 9.89. The number of thiophene rings is 1. The van der Waals surface area contributed by atoms with Gasteiger partial charge < -0.3 is 24.8 Å². The smallest absolute Gasteiger partial charge is 0.157 e. The van der Waals surface area contributed by atoms with Gasteiger partial charge in [0.1, 0.15) is 36.0 Å². The van der Waals surface area contributed by atoms with E-state index in [1.165, 1.54) is 12.1 Å². The van der Waals surface area contributed by atoms with Gasteiger partial charge in [-0.1, -0.05) is 12.1 Å². The number of halogens is 2. The van der Waals surface area contributed by atoms with Crippen molar-refractivity contribution in [2.24, 2.45) is 0 Å². The zero-order valence-electron chi connectivity index (χ0n) is 18.9. The van der Waals surface area contributed by atoms with Gasteiger partial charge in [-0.15, -0.1) is 11.3 Å². The van der Waals surface area contributed by atoms with E-state index in [1.54, 1.807) is 23.5 Å². The molecular weight excluding hydrogens is 462 g/mol. The first kappa shape index (κ1) is 24.8. The number of benzene rings is 2. The number of alkyl halides is 1. The minimum atomic E-state index is -1.97. The van der Waals surface area contributed by atoms with E-state index in [1.807, 2.05) is 38.1 Å². The quantitative estimate of drug-likeness (QED) is 0.459. The second-order valence-electron chi connectivity index (χ2n) is 8.40. The second kappa shape index (κ2) is 10.5. The summed E-state index contributed by atoms with van der Waals surface area (Å²) in [5.41, 5.74) is 3.31. The molecule has 182 valence electrons. The summed E-state index contributed by atoms with van der Waals surface area (Å²) in [6.45, 7) is 3.57. The molecule has 1 saturated heterocycles. The molecule has 1 aliphatic rings. The molecule has 5 atom stereocenters. The van der Waals surface area contributed by atoms with E-state index in [9.17, 15) is 24.1 Å². The molecule has 1 aromatic heterocycles. The van der Waals surface area contributed by atoms with Gasteiger partial charge in [-0.3, -0.25) is 0 Å². The number of hydrogen-bond donors (Lipinski definition) is 3. The van der Waals surface area contributed by atoms with Crippen LogP contribution in [0.1, 0.15) is 34.6 Å². The fraction of sp³-hybridized carbons (Fsp3) is 0.385. The highest BCUT2D eigenvalue weighted by molar-refractivity contribution is 7.15. The van der Waals surface area contributed by atoms with Crippen molar-refractivity contribution < 1.29 is 33.6 Å². The Balaban J connectivity index is 1.66. The predicted octanol–water partition coefficient (Wildman–Crippen LogP) is 4.34. The Morgan fingerprint density at radius 1 is 1.06 bits per heavy atom. The van der Waals surface area contributed by atoms with E-state index in [-0.39, 0.29) is 5.82 Å². The van der Waals surface area contributed by atoms with E-state index < -0.39 is 37.2 Å².